The van der Waals surface area contributed by atoms with Gasteiger partial charge in [-0.25, -0.2) is 12.8 Å². The van der Waals surface area contributed by atoms with Gasteiger partial charge in [0.1, 0.15) is 5.82 Å². The van der Waals surface area contributed by atoms with Crippen LogP contribution in [-0.2, 0) is 14.8 Å². The summed E-state index contributed by atoms with van der Waals surface area (Å²) in [5, 5.41) is 2.56. The molecule has 0 saturated carbocycles. The lowest BCUT2D eigenvalue weighted by molar-refractivity contribution is -0.128. The van der Waals surface area contributed by atoms with E-state index in [9.17, 15) is 17.6 Å². The zero-order chi connectivity index (χ0) is 15.8. The zero-order valence-corrected chi connectivity index (χ0v) is 14.1. The highest BCUT2D eigenvalue weighted by atomic mass is 79.9. The second-order valence-electron chi connectivity index (χ2n) is 5.30. The largest absolute Gasteiger partial charge is 0.359 e. The average Bonchev–Trinajstić information content (AvgIpc) is 2.82. The molecule has 0 radical (unpaired) electrons. The first-order valence-electron chi connectivity index (χ1n) is 6.38. The number of sulfonamides is 1. The van der Waals surface area contributed by atoms with Crippen LogP contribution in [-0.4, -0.2) is 38.8 Å². The first-order chi connectivity index (χ1) is 9.70. The number of hydrogen-bond acceptors (Lipinski definition) is 3. The van der Waals surface area contributed by atoms with Gasteiger partial charge in [0.05, 0.1) is 10.3 Å². The highest BCUT2D eigenvalue weighted by Crippen LogP contribution is 2.35. The van der Waals surface area contributed by atoms with Gasteiger partial charge in [0.25, 0.3) is 0 Å². The second kappa shape index (κ2) is 5.66. The van der Waals surface area contributed by atoms with E-state index in [2.05, 4.69) is 21.2 Å². The van der Waals surface area contributed by atoms with Crippen molar-refractivity contribution in [3.63, 3.8) is 0 Å². The third-order valence-corrected chi connectivity index (χ3v) is 6.55. The van der Waals surface area contributed by atoms with Crippen molar-refractivity contribution in [2.45, 2.75) is 18.2 Å². The topological polar surface area (TPSA) is 66.5 Å². The van der Waals surface area contributed by atoms with Crippen molar-refractivity contribution < 1.29 is 17.6 Å². The van der Waals surface area contributed by atoms with E-state index in [4.69, 9.17) is 0 Å². The Labute approximate surface area is 131 Å². The van der Waals surface area contributed by atoms with Crippen LogP contribution in [0, 0.1) is 11.2 Å². The molecule has 0 spiro atoms. The van der Waals surface area contributed by atoms with Gasteiger partial charge < -0.3 is 5.32 Å². The Morgan fingerprint density at radius 1 is 1.48 bits per heavy atom. The van der Waals surface area contributed by atoms with E-state index < -0.39 is 21.3 Å². The average molecular weight is 379 g/mol. The van der Waals surface area contributed by atoms with Crippen LogP contribution in [0.25, 0.3) is 0 Å². The fourth-order valence-corrected chi connectivity index (χ4v) is 5.01. The van der Waals surface area contributed by atoms with Crippen molar-refractivity contribution in [3.8, 4) is 0 Å². The molecule has 0 aliphatic carbocycles. The predicted molar refractivity (Wildman–Crippen MR) is 79.6 cm³/mol. The van der Waals surface area contributed by atoms with Crippen LogP contribution in [0.15, 0.2) is 27.6 Å². The Kier molecular flexibility index (Phi) is 4.41. The standard InChI is InChI=1S/C13H16BrFN2O3S/c1-13(12(18)16-2)5-6-17(8-13)21(19,20)11-4-3-9(15)7-10(11)14/h3-4,7H,5-6,8H2,1-2H3,(H,16,18). The molecular formula is C13H16BrFN2O3S. The molecule has 1 aromatic rings. The third-order valence-electron chi connectivity index (χ3n) is 3.73. The van der Waals surface area contributed by atoms with Crippen molar-refractivity contribution in [1.82, 2.24) is 9.62 Å². The Hall–Kier alpha value is -0.990. The van der Waals surface area contributed by atoms with Crippen molar-refractivity contribution in [1.29, 1.82) is 0 Å². The quantitative estimate of drug-likeness (QED) is 0.870. The first kappa shape index (κ1) is 16.4. The molecule has 1 fully saturated rings. The van der Waals surface area contributed by atoms with Crippen molar-refractivity contribution >= 4 is 31.9 Å². The Bertz CT molecular complexity index is 680. The van der Waals surface area contributed by atoms with Gasteiger partial charge in [-0.15, -0.1) is 0 Å². The summed E-state index contributed by atoms with van der Waals surface area (Å²) in [6, 6.07) is 3.44. The minimum absolute atomic E-state index is 0.00468. The maximum Gasteiger partial charge on any atom is 0.244 e. The van der Waals surface area contributed by atoms with Crippen LogP contribution in [0.2, 0.25) is 0 Å². The highest BCUT2D eigenvalue weighted by molar-refractivity contribution is 9.10. The van der Waals surface area contributed by atoms with Crippen LogP contribution < -0.4 is 5.32 Å². The summed E-state index contributed by atoms with van der Waals surface area (Å²) in [5.74, 6) is -0.698. The molecule has 1 atom stereocenters. The Morgan fingerprint density at radius 3 is 2.71 bits per heavy atom. The molecule has 8 heteroatoms. The van der Waals surface area contributed by atoms with Gasteiger partial charge >= 0.3 is 0 Å². The normalized spacial score (nSPS) is 23.2. The summed E-state index contributed by atoms with van der Waals surface area (Å²) < 4.78 is 39.8. The lowest BCUT2D eigenvalue weighted by Crippen LogP contribution is -2.40. The highest BCUT2D eigenvalue weighted by Gasteiger charge is 2.44. The molecule has 2 rings (SSSR count). The maximum absolute atomic E-state index is 13.1. The molecule has 1 amide bonds. The molecule has 1 aliphatic heterocycles. The molecule has 1 unspecified atom stereocenters. The number of amides is 1. The van der Waals surface area contributed by atoms with Crippen molar-refractivity contribution in [2.75, 3.05) is 20.1 Å². The van der Waals surface area contributed by atoms with Gasteiger partial charge in [0.15, 0.2) is 0 Å². The van der Waals surface area contributed by atoms with E-state index in [0.29, 0.717) is 6.42 Å². The molecule has 1 saturated heterocycles. The smallest absolute Gasteiger partial charge is 0.244 e. The summed E-state index contributed by atoms with van der Waals surface area (Å²) in [5.41, 5.74) is -0.742. The molecule has 0 aromatic heterocycles. The van der Waals surface area contributed by atoms with E-state index in [0.717, 1.165) is 12.1 Å². The second-order valence-corrected chi connectivity index (χ2v) is 8.06. The van der Waals surface area contributed by atoms with Gasteiger partial charge in [-0.05, 0) is 47.5 Å². The lowest BCUT2D eigenvalue weighted by Gasteiger charge is -2.22. The van der Waals surface area contributed by atoms with Crippen LogP contribution in [0.4, 0.5) is 4.39 Å². The van der Waals surface area contributed by atoms with E-state index >= 15 is 0 Å². The number of benzene rings is 1. The molecule has 1 aliphatic rings. The van der Waals surface area contributed by atoms with Gasteiger partial charge in [0.2, 0.25) is 15.9 Å². The van der Waals surface area contributed by atoms with E-state index in [1.165, 1.54) is 17.4 Å². The summed E-state index contributed by atoms with van der Waals surface area (Å²) in [6.45, 7) is 2.11. The van der Waals surface area contributed by atoms with Crippen LogP contribution in [0.3, 0.4) is 0 Å². The van der Waals surface area contributed by atoms with Gasteiger partial charge in [0, 0.05) is 24.6 Å². The number of halogens is 2. The van der Waals surface area contributed by atoms with Crippen molar-refractivity contribution in [3.05, 3.63) is 28.5 Å². The van der Waals surface area contributed by atoms with Gasteiger partial charge in [-0.3, -0.25) is 4.79 Å². The number of hydrogen-bond donors (Lipinski definition) is 1. The number of nitrogens with one attached hydrogen (secondary N) is 1. The molecule has 1 aromatic carbocycles. The summed E-state index contributed by atoms with van der Waals surface area (Å²) in [4.78, 5) is 11.9. The number of nitrogens with zero attached hydrogens (tertiary/aromatic N) is 1. The zero-order valence-electron chi connectivity index (χ0n) is 11.7. The van der Waals surface area contributed by atoms with Crippen molar-refractivity contribution in [2.24, 2.45) is 5.41 Å². The molecule has 0 bridgehead atoms. The number of carbonyl (C=O) groups is 1. The molecule has 5 nitrogen and oxygen atoms in total. The summed E-state index contributed by atoms with van der Waals surface area (Å²) in [6.07, 6.45) is 0.449. The Balaban J connectivity index is 2.32. The van der Waals surface area contributed by atoms with E-state index in [-0.39, 0.29) is 28.4 Å². The lowest BCUT2D eigenvalue weighted by atomic mass is 9.89. The predicted octanol–water partition coefficient (Wildman–Crippen LogP) is 1.73. The molecule has 116 valence electrons. The number of carbonyl (C=O) groups excluding carboxylic acids is 1. The fraction of sp³-hybridized carbons (Fsp3) is 0.462. The molecule has 1 heterocycles. The first-order valence-corrected chi connectivity index (χ1v) is 8.61. The maximum atomic E-state index is 13.1. The fourth-order valence-electron chi connectivity index (χ4n) is 2.43. The summed E-state index contributed by atoms with van der Waals surface area (Å²) in [7, 11) is -2.23. The molecule has 1 N–H and O–H groups in total. The van der Waals surface area contributed by atoms with Crippen LogP contribution >= 0.6 is 15.9 Å². The van der Waals surface area contributed by atoms with Crippen LogP contribution in [0.1, 0.15) is 13.3 Å². The number of rotatable bonds is 3. The SMILES string of the molecule is CNC(=O)C1(C)CCN(S(=O)(=O)c2ccc(F)cc2Br)C1. The third kappa shape index (κ3) is 2.97. The van der Waals surface area contributed by atoms with E-state index in [1.54, 1.807) is 6.92 Å². The molecular weight excluding hydrogens is 363 g/mol. The Morgan fingerprint density at radius 2 is 2.14 bits per heavy atom. The van der Waals surface area contributed by atoms with Gasteiger partial charge in [-0.1, -0.05) is 0 Å². The monoisotopic (exact) mass is 378 g/mol. The van der Waals surface area contributed by atoms with Gasteiger partial charge in [-0.2, -0.15) is 4.31 Å². The van der Waals surface area contributed by atoms with Crippen LogP contribution in [0.5, 0.6) is 0 Å². The summed E-state index contributed by atoms with van der Waals surface area (Å²) >= 11 is 3.08. The minimum atomic E-state index is -3.76. The molecule has 21 heavy (non-hydrogen) atoms. The minimum Gasteiger partial charge on any atom is -0.359 e. The van der Waals surface area contributed by atoms with E-state index in [1.807, 2.05) is 0 Å².